The summed E-state index contributed by atoms with van der Waals surface area (Å²) in [5.41, 5.74) is 0.957. The third-order valence-corrected chi connectivity index (χ3v) is 8.57. The van der Waals surface area contributed by atoms with E-state index in [0.29, 0.717) is 24.7 Å². The molecule has 2 N–H and O–H groups in total. The van der Waals surface area contributed by atoms with Crippen molar-refractivity contribution in [3.63, 3.8) is 0 Å². The fourth-order valence-corrected chi connectivity index (χ4v) is 5.66. The molecular weight excluding hydrogens is 584 g/mol. The highest BCUT2D eigenvalue weighted by atomic mass is 16.5. The first kappa shape index (κ1) is 39.5. The van der Waals surface area contributed by atoms with Gasteiger partial charge in [-0.15, -0.1) is 0 Å². The number of amides is 2. The van der Waals surface area contributed by atoms with Gasteiger partial charge < -0.3 is 15.4 Å². The smallest absolute Gasteiger partial charge is 0.329 e. The maximum Gasteiger partial charge on any atom is 0.329 e. The molecule has 2 amide bonds. The Morgan fingerprint density at radius 3 is 1.96 bits per heavy atom. The van der Waals surface area contributed by atoms with Gasteiger partial charge in [-0.05, 0) is 88.0 Å². The second-order valence-corrected chi connectivity index (χ2v) is 12.7. The zero-order valence-corrected chi connectivity index (χ0v) is 29.2. The molecule has 1 aliphatic carbocycles. The molecule has 258 valence electrons. The van der Waals surface area contributed by atoms with Gasteiger partial charge >= 0.3 is 5.97 Å². The third kappa shape index (κ3) is 18.9. The lowest BCUT2D eigenvalue weighted by Gasteiger charge is -2.31. The normalized spacial score (nSPS) is 17.8. The van der Waals surface area contributed by atoms with Crippen LogP contribution in [0.2, 0.25) is 0 Å². The molecule has 0 saturated heterocycles. The predicted molar refractivity (Wildman–Crippen MR) is 195 cm³/mol. The topological polar surface area (TPSA) is 84.5 Å². The van der Waals surface area contributed by atoms with Crippen LogP contribution in [0.3, 0.4) is 0 Å². The average Bonchev–Trinajstić information content (AvgIpc) is 3.08. The summed E-state index contributed by atoms with van der Waals surface area (Å²) >= 11 is 0. The van der Waals surface area contributed by atoms with Crippen molar-refractivity contribution in [2.75, 3.05) is 13.2 Å². The van der Waals surface area contributed by atoms with Gasteiger partial charge in [0.25, 0.3) is 0 Å². The minimum Gasteiger partial charge on any atom is -0.462 e. The van der Waals surface area contributed by atoms with Crippen molar-refractivity contribution < 1.29 is 19.1 Å². The van der Waals surface area contributed by atoms with Crippen LogP contribution in [0.4, 0.5) is 0 Å². The van der Waals surface area contributed by atoms with E-state index in [-0.39, 0.29) is 30.9 Å². The van der Waals surface area contributed by atoms with Crippen LogP contribution in [-0.2, 0) is 25.5 Å². The van der Waals surface area contributed by atoms with Gasteiger partial charge in [0.05, 0.1) is 6.54 Å². The molecule has 0 unspecified atom stereocenters. The SMILES string of the molecule is CCC=CCC=CCC=CCC=CCC=CCCCC(=O)NCCOC(=O)[C@@H](Cc1ccccc1)NC(=O)C1CCC(C(C)C)CC1. The Labute approximate surface area is 284 Å². The van der Waals surface area contributed by atoms with Crippen molar-refractivity contribution in [2.45, 2.75) is 110 Å². The summed E-state index contributed by atoms with van der Waals surface area (Å²) in [6.07, 6.45) is 32.8. The number of allylic oxidation sites excluding steroid dienone is 10. The van der Waals surface area contributed by atoms with E-state index in [2.05, 4.69) is 92.2 Å². The Balaban J connectivity index is 1.60. The van der Waals surface area contributed by atoms with Gasteiger partial charge in [0, 0.05) is 18.8 Å². The Hall–Kier alpha value is -3.67. The highest BCUT2D eigenvalue weighted by molar-refractivity contribution is 5.86. The van der Waals surface area contributed by atoms with E-state index in [9.17, 15) is 14.4 Å². The third-order valence-electron chi connectivity index (χ3n) is 8.57. The van der Waals surface area contributed by atoms with Crippen LogP contribution in [0.15, 0.2) is 91.1 Å². The standard InChI is InChI=1S/C41H60N2O4/c1-4-5-6-7-8-9-10-11-12-13-14-15-16-17-18-19-23-26-39(44)42-31-32-47-41(46)38(33-35-24-21-20-22-25-35)43-40(45)37-29-27-36(28-30-37)34(2)3/h5-6,8-9,11-12,14-15,17-18,20-22,24-25,34,36-38H,4,7,10,13,16,19,23,26-33H2,1-3H3,(H,42,44)(H,43,45)/t36?,37?,38-/m1/s1. The number of rotatable bonds is 22. The number of hydrogen-bond donors (Lipinski definition) is 2. The van der Waals surface area contributed by atoms with E-state index in [1.54, 1.807) is 0 Å². The first-order valence-corrected chi connectivity index (χ1v) is 17.9. The van der Waals surface area contributed by atoms with Crippen LogP contribution >= 0.6 is 0 Å². The van der Waals surface area contributed by atoms with E-state index in [0.717, 1.165) is 76.2 Å². The minimum atomic E-state index is -0.758. The summed E-state index contributed by atoms with van der Waals surface area (Å²) in [6, 6.07) is 8.90. The lowest BCUT2D eigenvalue weighted by atomic mass is 9.76. The van der Waals surface area contributed by atoms with Gasteiger partial charge in [-0.3, -0.25) is 9.59 Å². The molecule has 1 fully saturated rings. The van der Waals surface area contributed by atoms with E-state index < -0.39 is 12.0 Å². The summed E-state index contributed by atoms with van der Waals surface area (Å²) in [5.74, 6) is 0.641. The summed E-state index contributed by atoms with van der Waals surface area (Å²) in [7, 11) is 0. The van der Waals surface area contributed by atoms with Crippen molar-refractivity contribution >= 4 is 17.8 Å². The molecule has 0 heterocycles. The second-order valence-electron chi connectivity index (χ2n) is 12.7. The lowest BCUT2D eigenvalue weighted by Crippen LogP contribution is -2.46. The van der Waals surface area contributed by atoms with Crippen LogP contribution in [-0.4, -0.2) is 37.0 Å². The van der Waals surface area contributed by atoms with Crippen LogP contribution in [0.25, 0.3) is 0 Å². The molecule has 2 rings (SSSR count). The zero-order valence-electron chi connectivity index (χ0n) is 29.2. The predicted octanol–water partition coefficient (Wildman–Crippen LogP) is 8.76. The van der Waals surface area contributed by atoms with E-state index >= 15 is 0 Å². The largest absolute Gasteiger partial charge is 0.462 e. The van der Waals surface area contributed by atoms with E-state index in [4.69, 9.17) is 4.74 Å². The number of ether oxygens (including phenoxy) is 1. The fourth-order valence-electron chi connectivity index (χ4n) is 5.66. The van der Waals surface area contributed by atoms with Crippen molar-refractivity contribution in [1.82, 2.24) is 10.6 Å². The molecule has 1 atom stereocenters. The fraction of sp³-hybridized carbons (Fsp3) is 0.537. The number of unbranched alkanes of at least 4 members (excludes halogenated alkanes) is 1. The highest BCUT2D eigenvalue weighted by Gasteiger charge is 2.31. The quantitative estimate of drug-likeness (QED) is 0.0751. The van der Waals surface area contributed by atoms with Crippen LogP contribution in [0.5, 0.6) is 0 Å². The zero-order chi connectivity index (χ0) is 34.0. The molecule has 6 nitrogen and oxygen atoms in total. The molecule has 1 aliphatic rings. The molecule has 0 bridgehead atoms. The van der Waals surface area contributed by atoms with Gasteiger partial charge in [0.2, 0.25) is 11.8 Å². The van der Waals surface area contributed by atoms with Crippen LogP contribution in [0.1, 0.15) is 103 Å². The van der Waals surface area contributed by atoms with Gasteiger partial charge in [-0.1, -0.05) is 112 Å². The molecule has 0 aromatic heterocycles. The minimum absolute atomic E-state index is 0.0560. The molecule has 0 aliphatic heterocycles. The molecule has 1 aromatic carbocycles. The summed E-state index contributed by atoms with van der Waals surface area (Å²) in [6.45, 7) is 6.95. The Morgan fingerprint density at radius 2 is 1.38 bits per heavy atom. The number of nitrogens with one attached hydrogen (secondary N) is 2. The molecule has 0 spiro atoms. The molecule has 1 aromatic rings. The number of esters is 1. The number of hydrogen-bond acceptors (Lipinski definition) is 4. The van der Waals surface area contributed by atoms with Gasteiger partial charge in [0.1, 0.15) is 12.6 Å². The first-order valence-electron chi connectivity index (χ1n) is 17.9. The second kappa shape index (κ2) is 25.4. The van der Waals surface area contributed by atoms with Crippen molar-refractivity contribution in [2.24, 2.45) is 17.8 Å². The molecule has 47 heavy (non-hydrogen) atoms. The maximum absolute atomic E-state index is 13.1. The lowest BCUT2D eigenvalue weighted by molar-refractivity contribution is -0.148. The summed E-state index contributed by atoms with van der Waals surface area (Å²) in [4.78, 5) is 38.4. The Kier molecular flexibility index (Phi) is 21.4. The van der Waals surface area contributed by atoms with Crippen molar-refractivity contribution in [3.05, 3.63) is 96.7 Å². The molecule has 1 saturated carbocycles. The number of benzene rings is 1. The van der Waals surface area contributed by atoms with Crippen molar-refractivity contribution in [1.29, 1.82) is 0 Å². The first-order chi connectivity index (χ1) is 22.9. The molecule has 0 radical (unpaired) electrons. The average molecular weight is 645 g/mol. The van der Waals surface area contributed by atoms with Crippen LogP contribution in [0, 0.1) is 17.8 Å². The van der Waals surface area contributed by atoms with Gasteiger partial charge in [-0.25, -0.2) is 4.79 Å². The summed E-state index contributed by atoms with van der Waals surface area (Å²) < 4.78 is 5.51. The maximum atomic E-state index is 13.1. The van der Waals surface area contributed by atoms with E-state index in [1.807, 2.05) is 30.3 Å². The highest BCUT2D eigenvalue weighted by Crippen LogP contribution is 2.33. The van der Waals surface area contributed by atoms with E-state index in [1.165, 1.54) is 0 Å². The van der Waals surface area contributed by atoms with Crippen LogP contribution < -0.4 is 10.6 Å². The van der Waals surface area contributed by atoms with Gasteiger partial charge in [0.15, 0.2) is 0 Å². The van der Waals surface area contributed by atoms with Crippen molar-refractivity contribution in [3.8, 4) is 0 Å². The van der Waals surface area contributed by atoms with Gasteiger partial charge in [-0.2, -0.15) is 0 Å². The Morgan fingerprint density at radius 1 is 0.809 bits per heavy atom. The Bertz CT molecular complexity index is 1160. The molecule has 6 heteroatoms. The monoisotopic (exact) mass is 644 g/mol. The number of carbonyl (C=O) groups is 3. The number of carbonyl (C=O) groups excluding carboxylic acids is 3. The molecular formula is C41H60N2O4. The summed E-state index contributed by atoms with van der Waals surface area (Å²) in [5, 5.41) is 5.82.